The van der Waals surface area contributed by atoms with E-state index in [0.717, 1.165) is 38.6 Å². The minimum Gasteiger partial charge on any atom is -0.372 e. The van der Waals surface area contributed by atoms with Crippen molar-refractivity contribution < 1.29 is 0 Å². The summed E-state index contributed by atoms with van der Waals surface area (Å²) in [7, 11) is 5.82. The molecule has 2 saturated heterocycles. The minimum absolute atomic E-state index is 0.832. The van der Waals surface area contributed by atoms with Gasteiger partial charge in [-0.05, 0) is 25.3 Å². The zero-order valence-electron chi connectivity index (χ0n) is 14.6. The molecular formula is C17H33BN4. The largest absolute Gasteiger partial charge is 0.372 e. The predicted octanol–water partition coefficient (Wildman–Crippen LogP) is 1.26. The van der Waals surface area contributed by atoms with E-state index in [1.807, 2.05) is 4.81 Å². The quantitative estimate of drug-likeness (QED) is 0.656. The molecule has 0 aromatic heterocycles. The van der Waals surface area contributed by atoms with Crippen LogP contribution in [0.5, 0.6) is 0 Å². The third-order valence-electron chi connectivity index (χ3n) is 4.89. The lowest BCUT2D eigenvalue weighted by atomic mass is 10.1. The molecule has 5 heteroatoms. The van der Waals surface area contributed by atoms with Gasteiger partial charge in [-0.25, -0.2) is 0 Å². The fraction of sp³-hybridized carbons (Fsp3) is 0.882. The summed E-state index contributed by atoms with van der Waals surface area (Å²) in [5, 5.41) is 0. The second-order valence-corrected chi connectivity index (χ2v) is 7.24. The Labute approximate surface area is 138 Å². The highest BCUT2D eigenvalue weighted by Crippen LogP contribution is 2.11. The van der Waals surface area contributed by atoms with Gasteiger partial charge in [0.25, 0.3) is 0 Å². The molecule has 0 spiro atoms. The van der Waals surface area contributed by atoms with Gasteiger partial charge >= 0.3 is 0 Å². The molecule has 2 heterocycles. The van der Waals surface area contributed by atoms with Gasteiger partial charge in [0.2, 0.25) is 0 Å². The van der Waals surface area contributed by atoms with Crippen LogP contribution in [0.2, 0.25) is 0 Å². The van der Waals surface area contributed by atoms with Gasteiger partial charge in [-0.15, -0.1) is 0 Å². The highest BCUT2D eigenvalue weighted by molar-refractivity contribution is 6.04. The van der Waals surface area contributed by atoms with E-state index in [4.69, 9.17) is 7.98 Å². The normalized spacial score (nSPS) is 22.4. The average molecular weight is 304 g/mol. The van der Waals surface area contributed by atoms with Crippen molar-refractivity contribution in [1.82, 2.24) is 19.5 Å². The second-order valence-electron chi connectivity index (χ2n) is 7.24. The van der Waals surface area contributed by atoms with Crippen molar-refractivity contribution in [2.45, 2.75) is 26.7 Å². The molecular weight excluding hydrogens is 271 g/mol. The molecule has 2 aliphatic rings. The maximum atomic E-state index is 5.82. The van der Waals surface area contributed by atoms with E-state index in [1.54, 1.807) is 0 Å². The van der Waals surface area contributed by atoms with Gasteiger partial charge in [-0.3, -0.25) is 4.90 Å². The molecule has 2 aliphatic heterocycles. The van der Waals surface area contributed by atoms with Crippen molar-refractivity contribution >= 4 is 7.98 Å². The van der Waals surface area contributed by atoms with Crippen LogP contribution in [0.25, 0.3) is 0 Å². The highest BCUT2D eigenvalue weighted by atomic mass is 15.3. The van der Waals surface area contributed by atoms with Crippen LogP contribution >= 0.6 is 0 Å². The first kappa shape index (κ1) is 17.8. The van der Waals surface area contributed by atoms with Crippen LogP contribution in [0.3, 0.4) is 0 Å². The number of hydrogen-bond acceptors (Lipinski definition) is 4. The average Bonchev–Trinajstić information content (AvgIpc) is 2.49. The van der Waals surface area contributed by atoms with Gasteiger partial charge in [0.1, 0.15) is 0 Å². The van der Waals surface area contributed by atoms with Gasteiger partial charge in [0, 0.05) is 64.6 Å². The monoisotopic (exact) mass is 304 g/mol. The van der Waals surface area contributed by atoms with Crippen molar-refractivity contribution in [1.29, 1.82) is 0 Å². The summed E-state index contributed by atoms with van der Waals surface area (Å²) < 4.78 is 0. The molecule has 0 atom stereocenters. The van der Waals surface area contributed by atoms with E-state index in [0.29, 0.717) is 0 Å². The number of hydrogen-bond donors (Lipinski definition) is 0. The summed E-state index contributed by atoms with van der Waals surface area (Å²) in [4.78, 5) is 9.48. The molecule has 0 unspecified atom stereocenters. The molecule has 2 rings (SSSR count). The van der Waals surface area contributed by atoms with Crippen LogP contribution in [0.4, 0.5) is 0 Å². The Morgan fingerprint density at radius 3 is 2.14 bits per heavy atom. The molecule has 2 fully saturated rings. The first-order valence-electron chi connectivity index (χ1n) is 8.91. The number of rotatable bonds is 7. The van der Waals surface area contributed by atoms with E-state index in [9.17, 15) is 0 Å². The van der Waals surface area contributed by atoms with Gasteiger partial charge in [-0.2, -0.15) is 0 Å². The zero-order chi connectivity index (χ0) is 15.9. The van der Waals surface area contributed by atoms with Crippen LogP contribution in [-0.2, 0) is 0 Å². The first-order chi connectivity index (χ1) is 10.5. The predicted molar refractivity (Wildman–Crippen MR) is 95.0 cm³/mol. The summed E-state index contributed by atoms with van der Waals surface area (Å²) in [6.45, 7) is 19.9. The maximum absolute atomic E-state index is 5.82. The van der Waals surface area contributed by atoms with E-state index < -0.39 is 0 Å². The lowest BCUT2D eigenvalue weighted by Crippen LogP contribution is -2.50. The summed E-state index contributed by atoms with van der Waals surface area (Å²) in [6, 6.07) is 0. The van der Waals surface area contributed by atoms with Gasteiger partial charge < -0.3 is 14.6 Å². The lowest BCUT2D eigenvalue weighted by molar-refractivity contribution is 0.126. The molecule has 0 aromatic rings. The van der Waals surface area contributed by atoms with Crippen LogP contribution in [0.1, 0.15) is 26.7 Å². The van der Waals surface area contributed by atoms with Crippen molar-refractivity contribution in [3.05, 3.63) is 12.3 Å². The summed E-state index contributed by atoms with van der Waals surface area (Å²) in [5.74, 6) is 0.832. The van der Waals surface area contributed by atoms with Crippen LogP contribution in [0, 0.1) is 5.92 Å². The molecule has 0 amide bonds. The molecule has 0 bridgehead atoms. The van der Waals surface area contributed by atoms with Gasteiger partial charge in [0.15, 0.2) is 7.98 Å². The topological polar surface area (TPSA) is 13.0 Å². The molecule has 0 aromatic carbocycles. The number of nitrogens with zero attached hydrogens (tertiary/aromatic N) is 4. The van der Waals surface area contributed by atoms with Crippen LogP contribution < -0.4 is 0 Å². The van der Waals surface area contributed by atoms with Crippen molar-refractivity contribution in [3.8, 4) is 0 Å². The molecule has 0 N–H and O–H groups in total. The molecule has 124 valence electrons. The molecule has 0 aliphatic carbocycles. The molecule has 22 heavy (non-hydrogen) atoms. The van der Waals surface area contributed by atoms with E-state index >= 15 is 0 Å². The fourth-order valence-corrected chi connectivity index (χ4v) is 3.29. The number of piperazine rings is 2. The first-order valence-corrected chi connectivity index (χ1v) is 8.91. The van der Waals surface area contributed by atoms with Gasteiger partial charge in [-0.1, -0.05) is 20.4 Å². The SMILES string of the molecule is [B]N1CCN(C(=C)CN2CCN(CCCC(C)C)CC2)CC1. The Morgan fingerprint density at radius 1 is 0.955 bits per heavy atom. The summed E-state index contributed by atoms with van der Waals surface area (Å²) in [5.41, 5.74) is 1.27. The highest BCUT2D eigenvalue weighted by Gasteiger charge is 2.20. The van der Waals surface area contributed by atoms with Gasteiger partial charge in [0.05, 0.1) is 0 Å². The Morgan fingerprint density at radius 2 is 1.55 bits per heavy atom. The maximum Gasteiger partial charge on any atom is 0.182 e. The Balaban J connectivity index is 1.61. The standard InChI is InChI=1S/C17H33BN4/c1-16(2)5-4-6-19-7-9-20(10-8-19)15-17(3)21-11-13-22(18)14-12-21/h16H,3-15H2,1-2H3. The van der Waals surface area contributed by atoms with Crippen molar-refractivity contribution in [2.24, 2.45) is 5.92 Å². The Bertz CT molecular complexity index is 332. The lowest BCUT2D eigenvalue weighted by Gasteiger charge is -2.39. The second kappa shape index (κ2) is 8.95. The summed E-state index contributed by atoms with van der Waals surface area (Å²) in [6.07, 6.45) is 2.69. The molecule has 0 saturated carbocycles. The smallest absolute Gasteiger partial charge is 0.182 e. The van der Waals surface area contributed by atoms with E-state index in [-0.39, 0.29) is 0 Å². The fourth-order valence-electron chi connectivity index (χ4n) is 3.29. The third-order valence-corrected chi connectivity index (χ3v) is 4.89. The van der Waals surface area contributed by atoms with E-state index in [1.165, 1.54) is 51.3 Å². The van der Waals surface area contributed by atoms with Crippen molar-refractivity contribution in [2.75, 3.05) is 65.4 Å². The zero-order valence-corrected chi connectivity index (χ0v) is 14.6. The minimum atomic E-state index is 0.832. The van der Waals surface area contributed by atoms with Crippen LogP contribution in [-0.4, -0.2) is 92.9 Å². The molecule has 2 radical (unpaired) electrons. The third kappa shape index (κ3) is 5.94. The van der Waals surface area contributed by atoms with E-state index in [2.05, 4.69) is 35.1 Å². The molecule has 4 nitrogen and oxygen atoms in total. The van der Waals surface area contributed by atoms with Crippen molar-refractivity contribution in [3.63, 3.8) is 0 Å². The Hall–Kier alpha value is -0.515. The van der Waals surface area contributed by atoms with Crippen LogP contribution in [0.15, 0.2) is 12.3 Å². The summed E-state index contributed by atoms with van der Waals surface area (Å²) >= 11 is 0. The Kier molecular flexibility index (Phi) is 7.25.